The van der Waals surface area contributed by atoms with Crippen LogP contribution in [-0.4, -0.2) is 6.54 Å². The fraction of sp³-hybridized carbons (Fsp3) is 0.875. The van der Waals surface area contributed by atoms with Crippen molar-refractivity contribution in [3.63, 3.8) is 0 Å². The molecule has 66 valence electrons. The first-order chi connectivity index (χ1) is 4.33. The molecule has 3 N–H and O–H groups in total. The Morgan fingerprint density at radius 3 is 1.45 bits per heavy atom. The number of rotatable bonds is 3. The van der Waals surface area contributed by atoms with Gasteiger partial charge in [0.15, 0.2) is 0 Å². The number of nitrogens with two attached hydrogens (primary N) is 1. The monoisotopic (exact) mass is 185 g/mol. The van der Waals surface area contributed by atoms with E-state index in [1.807, 2.05) is 13.5 Å². The third-order valence-corrected chi connectivity index (χ3v) is 0.908. The first-order valence-corrected chi connectivity index (χ1v) is 3.84. The van der Waals surface area contributed by atoms with Crippen molar-refractivity contribution in [3.8, 4) is 0 Å². The molecule has 0 fully saturated rings. The zero-order valence-electron chi connectivity index (χ0n) is 8.78. The summed E-state index contributed by atoms with van der Waals surface area (Å²) in [5.41, 5.74) is 0. The van der Waals surface area contributed by atoms with Crippen molar-refractivity contribution < 1.29 is 51.4 Å². The molecule has 0 aliphatic heterocycles. The Labute approximate surface area is 115 Å². The molecule has 0 unspecified atom stereocenters. The maximum atomic E-state index is 2.99. The minimum Gasteiger partial charge on any atom is -0.693 e. The van der Waals surface area contributed by atoms with Gasteiger partial charge in [0, 0.05) is 0 Å². The second-order valence-electron chi connectivity index (χ2n) is 1.85. The summed E-state index contributed by atoms with van der Waals surface area (Å²) in [6.07, 6.45) is 2.64. The number of hydrogen-bond donors (Lipinski definition) is 1. The molecule has 0 aromatic rings. The van der Waals surface area contributed by atoms with Gasteiger partial charge in [0.2, 0.25) is 0 Å². The van der Waals surface area contributed by atoms with Gasteiger partial charge in [-0.2, -0.15) is 6.92 Å². The van der Waals surface area contributed by atoms with E-state index < -0.39 is 0 Å². The fourth-order valence-corrected chi connectivity index (χ4v) is 0.204. The van der Waals surface area contributed by atoms with Crippen LogP contribution in [0.1, 0.15) is 40.5 Å². The molecule has 0 aliphatic rings. The van der Waals surface area contributed by atoms with Gasteiger partial charge in [-0.25, -0.2) is 0 Å². The first kappa shape index (κ1) is 22.9. The van der Waals surface area contributed by atoms with Crippen molar-refractivity contribution in [2.24, 2.45) is 0 Å². The minimum atomic E-state index is 0. The van der Waals surface area contributed by atoms with Gasteiger partial charge in [0.05, 0.1) is 0 Å². The molecule has 0 bridgehead atoms. The molecule has 0 saturated carbocycles. The molecule has 0 heterocycles. The summed E-state index contributed by atoms with van der Waals surface area (Å²) >= 11 is 0. The zero-order chi connectivity index (χ0) is 7.54. The van der Waals surface area contributed by atoms with Crippen LogP contribution in [0.25, 0.3) is 6.15 Å². The van der Waals surface area contributed by atoms with Crippen LogP contribution in [0.15, 0.2) is 0 Å². The third kappa shape index (κ3) is 50.8. The van der Waals surface area contributed by atoms with Gasteiger partial charge in [0.25, 0.3) is 0 Å². The SMILES string of the molecule is CCCC.C[CH-]NCC.[K+].[NH2-]. The van der Waals surface area contributed by atoms with Crippen molar-refractivity contribution in [3.05, 3.63) is 12.7 Å². The second kappa shape index (κ2) is 30.0. The van der Waals surface area contributed by atoms with Crippen LogP contribution in [0, 0.1) is 6.54 Å². The number of nitrogens with one attached hydrogen (secondary N) is 1. The Morgan fingerprint density at radius 1 is 1.09 bits per heavy atom. The van der Waals surface area contributed by atoms with E-state index in [1.165, 1.54) is 12.8 Å². The van der Waals surface area contributed by atoms with Crippen LogP contribution in [0.2, 0.25) is 0 Å². The molecule has 3 heteroatoms. The van der Waals surface area contributed by atoms with E-state index in [2.05, 4.69) is 26.1 Å². The molecule has 0 amide bonds. The van der Waals surface area contributed by atoms with Crippen LogP contribution in [0.5, 0.6) is 0 Å². The number of hydrogen-bond acceptors (Lipinski definition) is 1. The van der Waals surface area contributed by atoms with Crippen molar-refractivity contribution in [2.45, 2.75) is 40.5 Å². The second-order valence-corrected chi connectivity index (χ2v) is 1.85. The molecule has 2 nitrogen and oxygen atoms in total. The Bertz CT molecular complexity index is 31.3. The molecule has 0 saturated heterocycles. The maximum absolute atomic E-state index is 2.99. The van der Waals surface area contributed by atoms with Crippen LogP contribution in [0.4, 0.5) is 0 Å². The van der Waals surface area contributed by atoms with Crippen LogP contribution in [-0.2, 0) is 0 Å². The minimum absolute atomic E-state index is 0. The van der Waals surface area contributed by atoms with Crippen LogP contribution < -0.4 is 56.7 Å². The molecular formula is C8H22KN2-. The molecular weight excluding hydrogens is 163 g/mol. The summed E-state index contributed by atoms with van der Waals surface area (Å²) in [5, 5.41) is 2.99. The fourth-order valence-electron chi connectivity index (χ4n) is 0.204. The summed E-state index contributed by atoms with van der Waals surface area (Å²) < 4.78 is 0. The predicted molar refractivity (Wildman–Crippen MR) is 49.5 cm³/mol. The molecule has 0 spiro atoms. The number of unbranched alkanes of at least 4 members (excludes halogenated alkanes) is 1. The van der Waals surface area contributed by atoms with E-state index in [0.29, 0.717) is 0 Å². The molecule has 0 aliphatic carbocycles. The summed E-state index contributed by atoms with van der Waals surface area (Å²) in [5.74, 6) is 0. The third-order valence-electron chi connectivity index (χ3n) is 0.908. The van der Waals surface area contributed by atoms with Crippen LogP contribution in [0.3, 0.4) is 0 Å². The quantitative estimate of drug-likeness (QED) is 0.499. The average Bonchev–Trinajstić information content (AvgIpc) is 1.91. The Balaban J connectivity index is -0.0000000383. The van der Waals surface area contributed by atoms with Gasteiger partial charge >= 0.3 is 51.4 Å². The zero-order valence-corrected chi connectivity index (χ0v) is 11.9. The van der Waals surface area contributed by atoms with Crippen molar-refractivity contribution in [2.75, 3.05) is 6.54 Å². The van der Waals surface area contributed by atoms with Gasteiger partial charge in [0.1, 0.15) is 0 Å². The Hall–Kier alpha value is 1.56. The van der Waals surface area contributed by atoms with E-state index in [0.717, 1.165) is 6.54 Å². The molecule has 0 aromatic heterocycles. The molecule has 0 rings (SSSR count). The van der Waals surface area contributed by atoms with Crippen molar-refractivity contribution >= 4 is 0 Å². The van der Waals surface area contributed by atoms with E-state index in [1.54, 1.807) is 0 Å². The van der Waals surface area contributed by atoms with Gasteiger partial charge in [-0.1, -0.05) is 33.6 Å². The smallest absolute Gasteiger partial charge is 0.693 e. The van der Waals surface area contributed by atoms with Gasteiger partial charge < -0.3 is 11.5 Å². The van der Waals surface area contributed by atoms with E-state index in [-0.39, 0.29) is 57.5 Å². The van der Waals surface area contributed by atoms with Crippen LogP contribution >= 0.6 is 0 Å². The van der Waals surface area contributed by atoms with Crippen molar-refractivity contribution in [1.29, 1.82) is 0 Å². The van der Waals surface area contributed by atoms with E-state index in [4.69, 9.17) is 0 Å². The maximum Gasteiger partial charge on any atom is 1.00 e. The molecule has 0 atom stereocenters. The average molecular weight is 185 g/mol. The van der Waals surface area contributed by atoms with Crippen molar-refractivity contribution in [1.82, 2.24) is 5.32 Å². The van der Waals surface area contributed by atoms with Gasteiger partial charge in [-0.05, 0) is 6.54 Å². The summed E-state index contributed by atoms with van der Waals surface area (Å²) in [7, 11) is 0. The molecule has 0 aromatic carbocycles. The van der Waals surface area contributed by atoms with E-state index in [9.17, 15) is 0 Å². The van der Waals surface area contributed by atoms with Gasteiger partial charge in [-0.15, -0.1) is 0 Å². The molecule has 11 heavy (non-hydrogen) atoms. The summed E-state index contributed by atoms with van der Waals surface area (Å²) in [6.45, 7) is 11.4. The largest absolute Gasteiger partial charge is 1.00 e. The standard InChI is InChI=1S/C4H10N.C4H10.K.H2N/c1-3-5-4-2;1-3-4-2;;/h3,5H,4H2,1-2H3;3-4H2,1-2H3;;1H2/q-1;;+1;-1. The van der Waals surface area contributed by atoms with E-state index >= 15 is 0 Å². The first-order valence-electron chi connectivity index (χ1n) is 3.84. The predicted octanol–water partition coefficient (Wildman–Crippen LogP) is 0.305. The summed E-state index contributed by atoms with van der Waals surface area (Å²) in [6, 6.07) is 0. The summed E-state index contributed by atoms with van der Waals surface area (Å²) in [4.78, 5) is 0. The Morgan fingerprint density at radius 2 is 1.45 bits per heavy atom. The Kier molecular flexibility index (Phi) is 62.4. The molecule has 0 radical (unpaired) electrons. The van der Waals surface area contributed by atoms with Gasteiger partial charge in [-0.3, -0.25) is 6.54 Å². The normalized spacial score (nSPS) is 6.55. The topological polar surface area (TPSA) is 45.5 Å².